The van der Waals surface area contributed by atoms with Gasteiger partial charge in [0, 0.05) is 16.3 Å². The van der Waals surface area contributed by atoms with Gasteiger partial charge < -0.3 is 4.74 Å². The smallest absolute Gasteiger partial charge is 0.358 e. The Morgan fingerprint density at radius 1 is 1.40 bits per heavy atom. The molecule has 0 aliphatic rings. The lowest BCUT2D eigenvalue weighted by Crippen LogP contribution is -2.09. The third-order valence-electron chi connectivity index (χ3n) is 2.48. The molecule has 2 aromatic rings. The van der Waals surface area contributed by atoms with E-state index in [0.717, 1.165) is 14.2 Å². The summed E-state index contributed by atoms with van der Waals surface area (Å²) < 4.78 is 5.94. The summed E-state index contributed by atoms with van der Waals surface area (Å²) in [5.41, 5.74) is 0.113. The number of ether oxygens (including phenoxy) is 1. The van der Waals surface area contributed by atoms with Crippen molar-refractivity contribution in [3.8, 4) is 9.88 Å². The fraction of sp³-hybridized carbons (Fsp3) is 0.308. The average molecular weight is 374 g/mol. The van der Waals surface area contributed by atoms with E-state index in [2.05, 4.69) is 20.9 Å². The molecule has 0 aliphatic carbocycles. The minimum absolute atomic E-state index is 0.113. The number of thiophene rings is 1. The minimum atomic E-state index is -0.549. The second-order valence-electron chi connectivity index (χ2n) is 3.99. The zero-order valence-electron chi connectivity index (χ0n) is 11.2. The van der Waals surface area contributed by atoms with E-state index in [9.17, 15) is 9.59 Å². The highest BCUT2D eigenvalue weighted by atomic mass is 79.9. The molecule has 0 radical (unpaired) electrons. The van der Waals surface area contributed by atoms with Crippen LogP contribution in [0.1, 0.15) is 38.9 Å². The third kappa shape index (κ3) is 2.99. The van der Waals surface area contributed by atoms with Crippen molar-refractivity contribution in [3.63, 3.8) is 0 Å². The van der Waals surface area contributed by atoms with E-state index in [1.54, 1.807) is 18.3 Å². The molecule has 0 unspecified atom stereocenters. The summed E-state index contributed by atoms with van der Waals surface area (Å²) in [6.45, 7) is 5.39. The number of aryl methyl sites for hydroxylation is 1. The first kappa shape index (κ1) is 15.3. The standard InChI is InChI=1S/C13H12BrNO3S2/c1-4-18-13(17)10-11(6(2)16)20-12(15-10)9-5-8(14)7(3)19-9/h5H,4H2,1-3H3. The molecule has 0 amide bonds. The van der Waals surface area contributed by atoms with Crippen LogP contribution in [-0.4, -0.2) is 23.3 Å². The van der Waals surface area contributed by atoms with Gasteiger partial charge in [-0.1, -0.05) is 0 Å². The zero-order valence-corrected chi connectivity index (χ0v) is 14.4. The van der Waals surface area contributed by atoms with Crippen molar-refractivity contribution in [1.29, 1.82) is 0 Å². The molecule has 2 heterocycles. The molecule has 7 heteroatoms. The Kier molecular flexibility index (Phi) is 4.72. The first-order chi connectivity index (χ1) is 9.43. The number of Topliss-reactive ketones (excluding diaryl/α,β-unsaturated/α-hetero) is 1. The van der Waals surface area contributed by atoms with Crippen molar-refractivity contribution < 1.29 is 14.3 Å². The number of halogens is 1. The molecule has 0 N–H and O–H groups in total. The molecule has 20 heavy (non-hydrogen) atoms. The van der Waals surface area contributed by atoms with Crippen molar-refractivity contribution in [1.82, 2.24) is 4.98 Å². The van der Waals surface area contributed by atoms with E-state index >= 15 is 0 Å². The summed E-state index contributed by atoms with van der Waals surface area (Å²) >= 11 is 6.24. The van der Waals surface area contributed by atoms with Gasteiger partial charge in [-0.25, -0.2) is 9.78 Å². The number of nitrogens with zero attached hydrogens (tertiary/aromatic N) is 1. The van der Waals surface area contributed by atoms with Crippen LogP contribution < -0.4 is 0 Å². The first-order valence-corrected chi connectivity index (χ1v) is 8.31. The predicted octanol–water partition coefficient (Wildman–Crippen LogP) is 4.32. The number of esters is 1. The Morgan fingerprint density at radius 2 is 2.10 bits per heavy atom. The van der Waals surface area contributed by atoms with Gasteiger partial charge in [0.15, 0.2) is 11.5 Å². The van der Waals surface area contributed by atoms with Gasteiger partial charge in [-0.05, 0) is 35.8 Å². The van der Waals surface area contributed by atoms with E-state index in [1.807, 2.05) is 13.0 Å². The molecule has 0 bridgehead atoms. The van der Waals surface area contributed by atoms with Crippen LogP contribution in [0.2, 0.25) is 0 Å². The molecule has 0 saturated heterocycles. The molecule has 2 aromatic heterocycles. The second kappa shape index (κ2) is 6.15. The zero-order chi connectivity index (χ0) is 14.9. The van der Waals surface area contributed by atoms with Gasteiger partial charge in [-0.15, -0.1) is 22.7 Å². The maximum absolute atomic E-state index is 11.9. The lowest BCUT2D eigenvalue weighted by molar-refractivity contribution is 0.0517. The van der Waals surface area contributed by atoms with E-state index in [4.69, 9.17) is 4.74 Å². The van der Waals surface area contributed by atoms with Crippen LogP contribution in [0.15, 0.2) is 10.5 Å². The minimum Gasteiger partial charge on any atom is -0.461 e. The van der Waals surface area contributed by atoms with Gasteiger partial charge in [0.1, 0.15) is 9.88 Å². The Balaban J connectivity index is 2.49. The van der Waals surface area contributed by atoms with E-state index in [1.165, 1.54) is 18.3 Å². The summed E-state index contributed by atoms with van der Waals surface area (Å²) in [5, 5.41) is 0.664. The van der Waals surface area contributed by atoms with Crippen molar-refractivity contribution in [3.05, 3.63) is 26.0 Å². The SMILES string of the molecule is CCOC(=O)c1nc(-c2cc(Br)c(C)s2)sc1C(C)=O. The second-order valence-corrected chi connectivity index (χ2v) is 7.10. The summed E-state index contributed by atoms with van der Waals surface area (Å²) in [5.74, 6) is -0.725. The number of hydrogen-bond acceptors (Lipinski definition) is 6. The summed E-state index contributed by atoms with van der Waals surface area (Å²) in [7, 11) is 0. The van der Waals surface area contributed by atoms with Crippen molar-refractivity contribution in [2.45, 2.75) is 20.8 Å². The third-order valence-corrected chi connectivity index (χ3v) is 5.95. The van der Waals surface area contributed by atoms with Crippen molar-refractivity contribution >= 4 is 50.4 Å². The van der Waals surface area contributed by atoms with Crippen molar-refractivity contribution in [2.24, 2.45) is 0 Å². The molecule has 0 atom stereocenters. The molecule has 0 spiro atoms. The highest BCUT2D eigenvalue weighted by Crippen LogP contribution is 2.37. The lowest BCUT2D eigenvalue weighted by Gasteiger charge is -1.98. The molecule has 0 aromatic carbocycles. The van der Waals surface area contributed by atoms with Crippen molar-refractivity contribution in [2.75, 3.05) is 6.61 Å². The van der Waals surface area contributed by atoms with Crippen LogP contribution in [0.3, 0.4) is 0 Å². The van der Waals surface area contributed by atoms with Crippen LogP contribution in [0, 0.1) is 6.92 Å². The van der Waals surface area contributed by atoms with E-state index in [-0.39, 0.29) is 18.1 Å². The largest absolute Gasteiger partial charge is 0.461 e. The molecule has 106 valence electrons. The molecule has 0 fully saturated rings. The summed E-state index contributed by atoms with van der Waals surface area (Å²) in [6.07, 6.45) is 0. The van der Waals surface area contributed by atoms with Gasteiger partial charge in [-0.2, -0.15) is 0 Å². The predicted molar refractivity (Wildman–Crippen MR) is 83.8 cm³/mol. The molecule has 0 aliphatic heterocycles. The van der Waals surface area contributed by atoms with Gasteiger partial charge in [0.25, 0.3) is 0 Å². The first-order valence-electron chi connectivity index (χ1n) is 5.89. The van der Waals surface area contributed by atoms with Crippen LogP contribution in [0.4, 0.5) is 0 Å². The van der Waals surface area contributed by atoms with E-state index in [0.29, 0.717) is 9.88 Å². The van der Waals surface area contributed by atoms with Gasteiger partial charge in [-0.3, -0.25) is 4.79 Å². The van der Waals surface area contributed by atoms with Gasteiger partial charge >= 0.3 is 5.97 Å². The maximum Gasteiger partial charge on any atom is 0.358 e. The number of thiazole rings is 1. The fourth-order valence-electron chi connectivity index (χ4n) is 1.57. The highest BCUT2D eigenvalue weighted by Gasteiger charge is 2.23. The normalized spacial score (nSPS) is 10.6. The number of carbonyl (C=O) groups excluding carboxylic acids is 2. The number of aromatic nitrogens is 1. The average Bonchev–Trinajstić information content (AvgIpc) is 2.95. The Bertz CT molecular complexity index is 656. The van der Waals surface area contributed by atoms with Crippen LogP contribution in [-0.2, 0) is 4.74 Å². The Morgan fingerprint density at radius 3 is 2.60 bits per heavy atom. The molecular weight excluding hydrogens is 362 g/mol. The summed E-state index contributed by atoms with van der Waals surface area (Å²) in [6, 6.07) is 1.94. The Labute approximate surface area is 132 Å². The number of ketones is 1. The lowest BCUT2D eigenvalue weighted by atomic mass is 10.3. The number of carbonyl (C=O) groups is 2. The number of rotatable bonds is 4. The quantitative estimate of drug-likeness (QED) is 0.591. The fourth-order valence-corrected chi connectivity index (χ4v) is 4.10. The highest BCUT2D eigenvalue weighted by molar-refractivity contribution is 9.10. The Hall–Kier alpha value is -1.05. The number of hydrogen-bond donors (Lipinski definition) is 0. The van der Waals surface area contributed by atoms with Crippen LogP contribution in [0.25, 0.3) is 9.88 Å². The van der Waals surface area contributed by atoms with Gasteiger partial charge in [0.2, 0.25) is 0 Å². The molecule has 4 nitrogen and oxygen atoms in total. The topological polar surface area (TPSA) is 56.3 Å². The molecule has 2 rings (SSSR count). The van der Waals surface area contributed by atoms with Gasteiger partial charge in [0.05, 0.1) is 11.5 Å². The summed E-state index contributed by atoms with van der Waals surface area (Å²) in [4.78, 5) is 30.2. The molecule has 0 saturated carbocycles. The van der Waals surface area contributed by atoms with Crippen LogP contribution >= 0.6 is 38.6 Å². The van der Waals surface area contributed by atoms with Crippen LogP contribution in [0.5, 0.6) is 0 Å². The molecular formula is C13H12BrNO3S2. The van der Waals surface area contributed by atoms with E-state index < -0.39 is 5.97 Å². The monoisotopic (exact) mass is 373 g/mol. The maximum atomic E-state index is 11.9.